The molecule has 4 aromatic rings. The average Bonchev–Trinajstić information content (AvgIpc) is 3.43. The van der Waals surface area contributed by atoms with E-state index in [0.29, 0.717) is 22.8 Å². The number of ether oxygens (including phenoxy) is 1. The number of hydrogen-bond acceptors (Lipinski definition) is 9. The molecule has 0 unspecified atom stereocenters. The van der Waals surface area contributed by atoms with Gasteiger partial charge in [0.25, 0.3) is 20.2 Å². The molecule has 0 aliphatic carbocycles. The molecule has 0 saturated heterocycles. The highest BCUT2D eigenvalue weighted by molar-refractivity contribution is 7.86. The van der Waals surface area contributed by atoms with Crippen LogP contribution in [0.25, 0.3) is 11.4 Å². The summed E-state index contributed by atoms with van der Waals surface area (Å²) in [6.07, 6.45) is 3.21. The zero-order valence-corrected chi connectivity index (χ0v) is 18.3. The van der Waals surface area contributed by atoms with Crippen molar-refractivity contribution in [3.05, 3.63) is 72.3 Å². The van der Waals surface area contributed by atoms with Crippen LogP contribution in [0, 0.1) is 0 Å². The van der Waals surface area contributed by atoms with E-state index in [9.17, 15) is 16.8 Å². The Morgan fingerprint density at radius 2 is 1.03 bits per heavy atom. The summed E-state index contributed by atoms with van der Waals surface area (Å²) in [5, 5.41) is 15.9. The van der Waals surface area contributed by atoms with Crippen molar-refractivity contribution in [2.24, 2.45) is 0 Å². The summed E-state index contributed by atoms with van der Waals surface area (Å²) in [4.78, 5) is -0.449. The van der Waals surface area contributed by atoms with Crippen LogP contribution in [0.5, 0.6) is 0 Å². The van der Waals surface area contributed by atoms with Crippen LogP contribution in [-0.2, 0) is 38.2 Å². The third-order valence-corrected chi connectivity index (χ3v) is 6.12. The molecule has 0 atom stereocenters. The van der Waals surface area contributed by atoms with Gasteiger partial charge in [-0.3, -0.25) is 9.11 Å². The third kappa shape index (κ3) is 5.47. The fraction of sp³-hybridized carbons (Fsp3) is 0.111. The molecule has 2 N–H and O–H groups in total. The Balaban J connectivity index is 1.34. The molecule has 0 aliphatic rings. The van der Waals surface area contributed by atoms with Crippen molar-refractivity contribution < 1.29 is 30.7 Å². The van der Waals surface area contributed by atoms with Gasteiger partial charge < -0.3 is 4.74 Å². The second-order valence-corrected chi connectivity index (χ2v) is 9.58. The number of benzene rings is 2. The molecule has 0 saturated carbocycles. The summed E-state index contributed by atoms with van der Waals surface area (Å²) in [6.45, 7) is 0.248. The first-order valence-corrected chi connectivity index (χ1v) is 12.0. The molecule has 0 aliphatic heterocycles. The summed E-state index contributed by atoms with van der Waals surface area (Å²) in [6, 6.07) is 10.9. The molecule has 0 amide bonds. The van der Waals surface area contributed by atoms with Gasteiger partial charge >= 0.3 is 0 Å². The average molecular weight is 492 g/mol. The second-order valence-electron chi connectivity index (χ2n) is 6.74. The van der Waals surface area contributed by atoms with Crippen LogP contribution in [-0.4, -0.2) is 55.9 Å². The smallest absolute Gasteiger partial charge is 0.294 e. The van der Waals surface area contributed by atoms with Crippen molar-refractivity contribution in [1.82, 2.24) is 30.0 Å². The summed E-state index contributed by atoms with van der Waals surface area (Å²) < 4.78 is 71.0. The Morgan fingerprint density at radius 1 is 0.667 bits per heavy atom. The van der Waals surface area contributed by atoms with Gasteiger partial charge in [-0.1, -0.05) is 10.4 Å². The highest BCUT2D eigenvalue weighted by Gasteiger charge is 2.11. The Kier molecular flexibility index (Phi) is 6.05. The molecule has 13 nitrogen and oxygen atoms in total. The molecule has 0 fully saturated rings. The third-order valence-electron chi connectivity index (χ3n) is 4.38. The van der Waals surface area contributed by atoms with E-state index in [1.165, 1.54) is 57.9 Å². The van der Waals surface area contributed by atoms with E-state index >= 15 is 0 Å². The van der Waals surface area contributed by atoms with Crippen molar-refractivity contribution in [2.45, 2.75) is 23.0 Å². The largest absolute Gasteiger partial charge is 0.369 e. The van der Waals surface area contributed by atoms with Gasteiger partial charge in [0.1, 0.15) is 11.4 Å². The van der Waals surface area contributed by atoms with Crippen molar-refractivity contribution in [3.63, 3.8) is 0 Å². The Morgan fingerprint density at radius 3 is 1.36 bits per heavy atom. The summed E-state index contributed by atoms with van der Waals surface area (Å²) in [7, 11) is -8.54. The Hall–Kier alpha value is -3.50. The molecule has 0 bridgehead atoms. The van der Waals surface area contributed by atoms with Crippen LogP contribution >= 0.6 is 0 Å². The molecule has 0 radical (unpaired) electrons. The molecule has 2 aromatic carbocycles. The maximum atomic E-state index is 11.1. The minimum Gasteiger partial charge on any atom is -0.369 e. The standard InChI is InChI=1S/C18H16N6O7S2/c25-32(26,27)17-5-1-15(2-6-17)23-9-13(19-21-23)11-31-12-14-10-24(22-20-14)16-3-7-18(8-4-16)33(28,29)30/h1-10H,11-12H2,(H,25,26,27)(H,28,29,30). The monoisotopic (exact) mass is 492 g/mol. The molecule has 2 heterocycles. The molecule has 33 heavy (non-hydrogen) atoms. The molecule has 0 spiro atoms. The lowest BCUT2D eigenvalue weighted by atomic mass is 10.3. The number of hydrogen-bond donors (Lipinski definition) is 2. The van der Waals surface area contributed by atoms with E-state index in [0.717, 1.165) is 0 Å². The molecule has 2 aromatic heterocycles. The predicted octanol–water partition coefficient (Wildman–Crippen LogP) is 1.06. The van der Waals surface area contributed by atoms with E-state index in [4.69, 9.17) is 13.8 Å². The van der Waals surface area contributed by atoms with Crippen LogP contribution in [0.4, 0.5) is 0 Å². The highest BCUT2D eigenvalue weighted by Crippen LogP contribution is 2.15. The predicted molar refractivity (Wildman–Crippen MR) is 111 cm³/mol. The van der Waals surface area contributed by atoms with E-state index < -0.39 is 20.2 Å². The van der Waals surface area contributed by atoms with Crippen molar-refractivity contribution in [1.29, 1.82) is 0 Å². The lowest BCUT2D eigenvalue weighted by Crippen LogP contribution is -2.00. The molecule has 4 rings (SSSR count). The normalized spacial score (nSPS) is 12.2. The summed E-state index contributed by atoms with van der Waals surface area (Å²) >= 11 is 0. The van der Waals surface area contributed by atoms with Gasteiger partial charge in [-0.15, -0.1) is 10.2 Å². The lowest BCUT2D eigenvalue weighted by Gasteiger charge is -2.01. The molecule has 172 valence electrons. The van der Waals surface area contributed by atoms with E-state index in [1.54, 1.807) is 12.4 Å². The lowest BCUT2D eigenvalue weighted by molar-refractivity contribution is 0.102. The number of nitrogens with zero attached hydrogens (tertiary/aromatic N) is 6. The van der Waals surface area contributed by atoms with Crippen molar-refractivity contribution in [2.75, 3.05) is 0 Å². The van der Waals surface area contributed by atoms with Gasteiger partial charge in [0, 0.05) is 0 Å². The Labute approximate surface area is 187 Å². The maximum absolute atomic E-state index is 11.1. The topological polar surface area (TPSA) is 179 Å². The zero-order valence-electron chi connectivity index (χ0n) is 16.6. The fourth-order valence-corrected chi connectivity index (χ4v) is 3.74. The first-order valence-electron chi connectivity index (χ1n) is 9.16. The van der Waals surface area contributed by atoms with E-state index in [1.807, 2.05) is 0 Å². The van der Waals surface area contributed by atoms with Gasteiger partial charge in [-0.05, 0) is 48.5 Å². The summed E-state index contributed by atoms with van der Waals surface area (Å²) in [5.74, 6) is 0. The van der Waals surface area contributed by atoms with E-state index in [2.05, 4.69) is 20.6 Å². The van der Waals surface area contributed by atoms with E-state index in [-0.39, 0.29) is 23.0 Å². The van der Waals surface area contributed by atoms with Gasteiger partial charge in [0.15, 0.2) is 0 Å². The van der Waals surface area contributed by atoms with Gasteiger partial charge in [-0.2, -0.15) is 16.8 Å². The first-order chi connectivity index (χ1) is 15.6. The Bertz CT molecular complexity index is 1360. The van der Waals surface area contributed by atoms with Crippen LogP contribution in [0.3, 0.4) is 0 Å². The quantitative estimate of drug-likeness (QED) is 0.336. The first kappa shape index (κ1) is 22.7. The second kappa shape index (κ2) is 8.80. The highest BCUT2D eigenvalue weighted by atomic mass is 32.2. The fourth-order valence-electron chi connectivity index (χ4n) is 2.78. The minimum atomic E-state index is -4.27. The SMILES string of the molecule is O=S(=O)(O)c1ccc(-n2cc(COCc3cn(-c4ccc(S(=O)(=O)O)cc4)nn3)nn2)cc1. The zero-order chi connectivity index (χ0) is 23.6. The van der Waals surface area contributed by atoms with Crippen molar-refractivity contribution in [3.8, 4) is 11.4 Å². The van der Waals surface area contributed by atoms with Crippen LogP contribution in [0.1, 0.15) is 11.4 Å². The van der Waals surface area contributed by atoms with Gasteiger partial charge in [0.2, 0.25) is 0 Å². The van der Waals surface area contributed by atoms with Crippen LogP contribution in [0.15, 0.2) is 70.7 Å². The maximum Gasteiger partial charge on any atom is 0.294 e. The van der Waals surface area contributed by atoms with Gasteiger partial charge in [-0.25, -0.2) is 9.36 Å². The number of rotatable bonds is 8. The van der Waals surface area contributed by atoms with Crippen molar-refractivity contribution >= 4 is 20.2 Å². The van der Waals surface area contributed by atoms with Crippen LogP contribution in [0.2, 0.25) is 0 Å². The number of aromatic nitrogens is 6. The van der Waals surface area contributed by atoms with Crippen LogP contribution < -0.4 is 0 Å². The van der Waals surface area contributed by atoms with Gasteiger partial charge in [0.05, 0.1) is 46.8 Å². The summed E-state index contributed by atoms with van der Waals surface area (Å²) in [5.41, 5.74) is 2.12. The molecular formula is C18H16N6O7S2. The molecule has 15 heteroatoms. The minimum absolute atomic E-state index is 0.124. The molecular weight excluding hydrogens is 476 g/mol.